The molecular formula is C13H13Cl3N2O. The lowest BCUT2D eigenvalue weighted by Crippen LogP contribution is -2.16. The Hall–Kier alpha value is -0.480. The van der Waals surface area contributed by atoms with E-state index in [0.717, 1.165) is 42.9 Å². The number of hydrogen-bond donors (Lipinski definition) is 0. The fraction of sp³-hybridized carbons (Fsp3) is 0.462. The molecule has 0 amide bonds. The molecule has 6 heteroatoms. The molecular weight excluding hydrogens is 307 g/mol. The first-order valence-corrected chi connectivity index (χ1v) is 7.50. The van der Waals surface area contributed by atoms with Gasteiger partial charge in [0, 0.05) is 6.61 Å². The molecule has 0 radical (unpaired) electrons. The van der Waals surface area contributed by atoms with Crippen molar-refractivity contribution in [2.75, 3.05) is 6.61 Å². The number of ether oxygens (including phenoxy) is 1. The van der Waals surface area contributed by atoms with Gasteiger partial charge in [0.1, 0.15) is 5.82 Å². The predicted molar refractivity (Wildman–Crippen MR) is 78.3 cm³/mol. The van der Waals surface area contributed by atoms with Gasteiger partial charge in [-0.1, -0.05) is 23.2 Å². The Labute approximate surface area is 126 Å². The number of benzene rings is 1. The first-order chi connectivity index (χ1) is 9.19. The zero-order valence-electron chi connectivity index (χ0n) is 10.2. The Balaban J connectivity index is 2.06. The summed E-state index contributed by atoms with van der Waals surface area (Å²) in [5, 5.41) is 1.04. The Kier molecular flexibility index (Phi) is 3.90. The molecule has 0 spiro atoms. The van der Waals surface area contributed by atoms with E-state index >= 15 is 0 Å². The highest BCUT2D eigenvalue weighted by molar-refractivity contribution is 6.42. The van der Waals surface area contributed by atoms with E-state index in [1.807, 2.05) is 6.07 Å². The topological polar surface area (TPSA) is 27.1 Å². The molecule has 19 heavy (non-hydrogen) atoms. The number of halogens is 3. The van der Waals surface area contributed by atoms with Crippen LogP contribution in [0.4, 0.5) is 0 Å². The first kappa shape index (κ1) is 13.5. The number of alkyl halides is 1. The van der Waals surface area contributed by atoms with Crippen molar-refractivity contribution in [3.8, 4) is 0 Å². The van der Waals surface area contributed by atoms with Gasteiger partial charge in [-0.05, 0) is 25.0 Å². The largest absolute Gasteiger partial charge is 0.376 e. The van der Waals surface area contributed by atoms with E-state index < -0.39 is 0 Å². The lowest BCUT2D eigenvalue weighted by molar-refractivity contribution is 0.0974. The molecule has 1 aliphatic rings. The van der Waals surface area contributed by atoms with Gasteiger partial charge in [-0.3, -0.25) is 0 Å². The van der Waals surface area contributed by atoms with Crippen LogP contribution >= 0.6 is 34.8 Å². The van der Waals surface area contributed by atoms with E-state index in [1.165, 1.54) is 0 Å². The molecule has 0 bridgehead atoms. The van der Waals surface area contributed by atoms with Crippen LogP contribution in [0.25, 0.3) is 11.0 Å². The number of rotatable bonds is 3. The van der Waals surface area contributed by atoms with Gasteiger partial charge in [0.25, 0.3) is 0 Å². The molecule has 1 aromatic heterocycles. The van der Waals surface area contributed by atoms with Crippen molar-refractivity contribution in [1.82, 2.24) is 9.55 Å². The molecule has 0 N–H and O–H groups in total. The minimum atomic E-state index is 0.230. The van der Waals surface area contributed by atoms with Crippen molar-refractivity contribution < 1.29 is 4.74 Å². The maximum atomic E-state index is 6.09. The zero-order valence-corrected chi connectivity index (χ0v) is 12.5. The summed E-state index contributed by atoms with van der Waals surface area (Å²) in [6.45, 7) is 1.59. The summed E-state index contributed by atoms with van der Waals surface area (Å²) in [6.07, 6.45) is 2.41. The zero-order chi connectivity index (χ0) is 13.4. The molecule has 1 saturated heterocycles. The highest BCUT2D eigenvalue weighted by atomic mass is 35.5. The fourth-order valence-corrected chi connectivity index (χ4v) is 2.99. The van der Waals surface area contributed by atoms with E-state index in [2.05, 4.69) is 9.55 Å². The molecule has 1 fully saturated rings. The summed E-state index contributed by atoms with van der Waals surface area (Å²) in [7, 11) is 0. The van der Waals surface area contributed by atoms with Crippen molar-refractivity contribution >= 4 is 45.8 Å². The Morgan fingerprint density at radius 3 is 2.79 bits per heavy atom. The predicted octanol–water partition coefficient (Wildman–Crippen LogP) is 4.26. The molecule has 3 rings (SSSR count). The molecule has 0 saturated carbocycles. The monoisotopic (exact) mass is 318 g/mol. The molecule has 0 aliphatic carbocycles. The summed E-state index contributed by atoms with van der Waals surface area (Å²) in [4.78, 5) is 4.51. The number of imidazole rings is 1. The van der Waals surface area contributed by atoms with Gasteiger partial charge in [0.15, 0.2) is 0 Å². The summed E-state index contributed by atoms with van der Waals surface area (Å²) in [5.74, 6) is 1.18. The average molecular weight is 320 g/mol. The third-order valence-corrected chi connectivity index (χ3v) is 4.36. The Morgan fingerprint density at radius 2 is 2.11 bits per heavy atom. The second-order valence-corrected chi connectivity index (χ2v) is 5.74. The quantitative estimate of drug-likeness (QED) is 0.790. The second-order valence-electron chi connectivity index (χ2n) is 4.66. The maximum absolute atomic E-state index is 6.09. The van der Waals surface area contributed by atoms with Crippen molar-refractivity contribution in [3.63, 3.8) is 0 Å². The van der Waals surface area contributed by atoms with Crippen LogP contribution in [0.3, 0.4) is 0 Å². The summed E-state index contributed by atoms with van der Waals surface area (Å²) >= 11 is 18.1. The van der Waals surface area contributed by atoms with Crippen molar-refractivity contribution in [2.45, 2.75) is 31.4 Å². The van der Waals surface area contributed by atoms with E-state index in [-0.39, 0.29) is 6.10 Å². The van der Waals surface area contributed by atoms with E-state index in [9.17, 15) is 0 Å². The van der Waals surface area contributed by atoms with Gasteiger partial charge in [0.05, 0.1) is 39.6 Å². The molecule has 102 valence electrons. The number of nitrogens with zero attached hydrogens (tertiary/aromatic N) is 2. The molecule has 3 nitrogen and oxygen atoms in total. The molecule has 1 atom stereocenters. The molecule has 1 aliphatic heterocycles. The summed E-state index contributed by atoms with van der Waals surface area (Å²) < 4.78 is 7.76. The van der Waals surface area contributed by atoms with Gasteiger partial charge in [-0.25, -0.2) is 4.98 Å². The van der Waals surface area contributed by atoms with E-state index in [1.54, 1.807) is 6.07 Å². The van der Waals surface area contributed by atoms with Crippen molar-refractivity contribution in [1.29, 1.82) is 0 Å². The third-order valence-electron chi connectivity index (χ3n) is 3.40. The Bertz CT molecular complexity index is 605. The molecule has 2 aromatic rings. The van der Waals surface area contributed by atoms with Crippen LogP contribution in [0.5, 0.6) is 0 Å². The third kappa shape index (κ3) is 2.57. The minimum absolute atomic E-state index is 0.230. The smallest absolute Gasteiger partial charge is 0.124 e. The first-order valence-electron chi connectivity index (χ1n) is 6.21. The lowest BCUT2D eigenvalue weighted by atomic mass is 10.2. The maximum Gasteiger partial charge on any atom is 0.124 e. The average Bonchev–Trinajstić information content (AvgIpc) is 3.00. The molecule has 2 heterocycles. The highest BCUT2D eigenvalue weighted by Crippen LogP contribution is 2.29. The van der Waals surface area contributed by atoms with E-state index in [0.29, 0.717) is 15.9 Å². The van der Waals surface area contributed by atoms with Gasteiger partial charge >= 0.3 is 0 Å². The SMILES string of the molecule is ClCc1nc2cc(Cl)c(Cl)cc2n1CC1CCCO1. The summed E-state index contributed by atoms with van der Waals surface area (Å²) in [5.41, 5.74) is 1.78. The van der Waals surface area contributed by atoms with Gasteiger partial charge in [-0.2, -0.15) is 0 Å². The number of hydrogen-bond acceptors (Lipinski definition) is 2. The van der Waals surface area contributed by atoms with Crippen molar-refractivity contribution in [3.05, 3.63) is 28.0 Å². The van der Waals surface area contributed by atoms with Crippen LogP contribution < -0.4 is 0 Å². The minimum Gasteiger partial charge on any atom is -0.376 e. The highest BCUT2D eigenvalue weighted by Gasteiger charge is 2.20. The summed E-state index contributed by atoms with van der Waals surface area (Å²) in [6, 6.07) is 3.62. The van der Waals surface area contributed by atoms with Gasteiger partial charge < -0.3 is 9.30 Å². The fourth-order valence-electron chi connectivity index (χ4n) is 2.47. The van der Waals surface area contributed by atoms with Gasteiger partial charge in [-0.15, -0.1) is 11.6 Å². The van der Waals surface area contributed by atoms with Crippen molar-refractivity contribution in [2.24, 2.45) is 0 Å². The number of fused-ring (bicyclic) bond motifs is 1. The lowest BCUT2D eigenvalue weighted by Gasteiger charge is -2.13. The van der Waals surface area contributed by atoms with E-state index in [4.69, 9.17) is 39.5 Å². The van der Waals surface area contributed by atoms with Crippen LogP contribution in [0, 0.1) is 0 Å². The second kappa shape index (κ2) is 5.49. The molecule has 1 aromatic carbocycles. The van der Waals surface area contributed by atoms with Crippen LogP contribution in [-0.2, 0) is 17.2 Å². The van der Waals surface area contributed by atoms with Crippen LogP contribution in [0.2, 0.25) is 10.0 Å². The van der Waals surface area contributed by atoms with Crippen LogP contribution in [0.15, 0.2) is 12.1 Å². The number of aromatic nitrogens is 2. The Morgan fingerprint density at radius 1 is 1.32 bits per heavy atom. The standard InChI is InChI=1S/C13H13Cl3N2O/c14-6-13-17-11-4-9(15)10(16)5-12(11)18(13)7-8-2-1-3-19-8/h4-5,8H,1-3,6-7H2. The van der Waals surface area contributed by atoms with Crippen LogP contribution in [0.1, 0.15) is 18.7 Å². The van der Waals surface area contributed by atoms with Crippen LogP contribution in [-0.4, -0.2) is 22.3 Å². The molecule has 1 unspecified atom stereocenters. The normalized spacial score (nSPS) is 19.4. The van der Waals surface area contributed by atoms with Gasteiger partial charge in [0.2, 0.25) is 0 Å².